The van der Waals surface area contributed by atoms with Crippen LogP contribution in [-0.4, -0.2) is 73.2 Å². The molecule has 29 heavy (non-hydrogen) atoms. The van der Waals surface area contributed by atoms with Crippen molar-refractivity contribution >= 4 is 11.8 Å². The first-order valence-corrected chi connectivity index (χ1v) is 9.63. The monoisotopic (exact) mass is 404 g/mol. The van der Waals surface area contributed by atoms with Crippen LogP contribution in [0.25, 0.3) is 0 Å². The van der Waals surface area contributed by atoms with Gasteiger partial charge in [0.05, 0.1) is 25.3 Å². The van der Waals surface area contributed by atoms with Crippen LogP contribution in [0.5, 0.6) is 0 Å². The van der Waals surface area contributed by atoms with E-state index in [0.29, 0.717) is 24.3 Å². The fraction of sp³-hybridized carbons (Fsp3) is 0.526. The minimum atomic E-state index is -2.98. The number of aryl methyl sites for hydroxylation is 1. The number of halogens is 2. The van der Waals surface area contributed by atoms with Crippen LogP contribution in [0, 0.1) is 6.92 Å². The van der Waals surface area contributed by atoms with Gasteiger partial charge in [0.25, 0.3) is 17.7 Å². The van der Waals surface area contributed by atoms with Crippen molar-refractivity contribution in [1.82, 2.24) is 29.8 Å². The number of hydrogen-bond donors (Lipinski definition) is 0. The van der Waals surface area contributed by atoms with Gasteiger partial charge in [-0.15, -0.1) is 5.10 Å². The van der Waals surface area contributed by atoms with Crippen molar-refractivity contribution in [2.45, 2.75) is 44.7 Å². The van der Waals surface area contributed by atoms with Crippen LogP contribution in [0.15, 0.2) is 24.5 Å². The van der Waals surface area contributed by atoms with Crippen molar-refractivity contribution in [1.29, 1.82) is 0 Å². The zero-order valence-corrected chi connectivity index (χ0v) is 16.1. The number of alkyl halides is 2. The highest BCUT2D eigenvalue weighted by molar-refractivity contribution is 5.94. The molecule has 0 N–H and O–H groups in total. The second-order valence-electron chi connectivity index (χ2n) is 7.66. The first-order valence-electron chi connectivity index (χ1n) is 9.63. The third-order valence-electron chi connectivity index (χ3n) is 5.33. The average molecular weight is 404 g/mol. The summed E-state index contributed by atoms with van der Waals surface area (Å²) in [4.78, 5) is 32.2. The van der Waals surface area contributed by atoms with E-state index in [1.807, 2.05) is 0 Å². The second kappa shape index (κ2) is 7.49. The molecule has 2 aromatic rings. The zero-order valence-electron chi connectivity index (χ0n) is 16.1. The Bertz CT molecular complexity index is 925. The molecule has 0 aliphatic carbocycles. The highest BCUT2D eigenvalue weighted by Gasteiger charge is 2.47. The number of rotatable bonds is 4. The maximum absolute atomic E-state index is 14.1. The van der Waals surface area contributed by atoms with E-state index in [-0.39, 0.29) is 18.1 Å². The summed E-state index contributed by atoms with van der Waals surface area (Å²) in [6.45, 7) is 2.52. The topological polar surface area (TPSA) is 84.2 Å². The number of nitrogens with zero attached hydrogens (tertiary/aromatic N) is 6. The molecule has 0 aromatic carbocycles. The van der Waals surface area contributed by atoms with E-state index >= 15 is 0 Å². The van der Waals surface area contributed by atoms with E-state index in [9.17, 15) is 18.4 Å². The highest BCUT2D eigenvalue weighted by Crippen LogP contribution is 2.33. The van der Waals surface area contributed by atoms with Crippen molar-refractivity contribution in [2.24, 2.45) is 0 Å². The number of hydrogen-bond acceptors (Lipinski definition) is 5. The summed E-state index contributed by atoms with van der Waals surface area (Å²) in [5.41, 5.74) is 1.16. The van der Waals surface area contributed by atoms with Crippen molar-refractivity contribution < 1.29 is 18.4 Å². The van der Waals surface area contributed by atoms with Crippen LogP contribution >= 0.6 is 0 Å². The van der Waals surface area contributed by atoms with Gasteiger partial charge in [-0.3, -0.25) is 14.6 Å². The normalized spacial score (nSPS) is 21.0. The number of amides is 2. The Balaban J connectivity index is 1.50. The predicted octanol–water partition coefficient (Wildman–Crippen LogP) is 1.77. The Morgan fingerprint density at radius 3 is 2.72 bits per heavy atom. The van der Waals surface area contributed by atoms with Gasteiger partial charge >= 0.3 is 0 Å². The van der Waals surface area contributed by atoms with Crippen LogP contribution in [0.2, 0.25) is 0 Å². The first kappa shape index (κ1) is 19.4. The minimum absolute atomic E-state index is 0.0473. The molecule has 2 saturated heterocycles. The van der Waals surface area contributed by atoms with Crippen LogP contribution in [-0.2, 0) is 6.54 Å². The molecule has 4 heterocycles. The van der Waals surface area contributed by atoms with Crippen LogP contribution in [0.4, 0.5) is 8.78 Å². The molecule has 8 nitrogen and oxygen atoms in total. The number of likely N-dealkylation sites (tertiary alicyclic amines) is 2. The number of carbonyl (C=O) groups excluding carboxylic acids is 2. The van der Waals surface area contributed by atoms with Gasteiger partial charge in [-0.05, 0) is 31.9 Å². The summed E-state index contributed by atoms with van der Waals surface area (Å²) in [6.07, 6.45) is 4.42. The molecule has 2 amide bonds. The Kier molecular flexibility index (Phi) is 5.01. The summed E-state index contributed by atoms with van der Waals surface area (Å²) in [5.74, 6) is -3.64. The maximum Gasteiger partial charge on any atom is 0.276 e. The first-order chi connectivity index (χ1) is 13.8. The third kappa shape index (κ3) is 4.10. The quantitative estimate of drug-likeness (QED) is 0.776. The molecule has 1 atom stereocenters. The number of pyridine rings is 1. The smallest absolute Gasteiger partial charge is 0.276 e. The van der Waals surface area contributed by atoms with Gasteiger partial charge in [0.1, 0.15) is 0 Å². The molecule has 2 aliphatic heterocycles. The van der Waals surface area contributed by atoms with Crippen LogP contribution in [0.3, 0.4) is 0 Å². The molecule has 2 aliphatic rings. The zero-order chi connectivity index (χ0) is 20.6. The SMILES string of the molecule is Cc1cc(C(=O)N2CC(F)(F)C[C@H]2Cn2cc(C(=O)N3CCCC3)nn2)ccn1. The lowest BCUT2D eigenvalue weighted by molar-refractivity contribution is 0.0117. The van der Waals surface area contributed by atoms with Gasteiger partial charge in [0.2, 0.25) is 0 Å². The number of aromatic nitrogens is 4. The molecule has 0 saturated carbocycles. The average Bonchev–Trinajstić information content (AvgIpc) is 3.41. The van der Waals surface area contributed by atoms with Crippen molar-refractivity contribution in [3.8, 4) is 0 Å². The van der Waals surface area contributed by atoms with Gasteiger partial charge in [-0.25, -0.2) is 13.5 Å². The molecule has 2 aromatic heterocycles. The molecule has 0 unspecified atom stereocenters. The van der Waals surface area contributed by atoms with Gasteiger partial charge < -0.3 is 9.80 Å². The Morgan fingerprint density at radius 2 is 2.00 bits per heavy atom. The molecule has 154 valence electrons. The third-order valence-corrected chi connectivity index (χ3v) is 5.33. The Hall–Kier alpha value is -2.91. The van der Waals surface area contributed by atoms with E-state index in [0.717, 1.165) is 12.8 Å². The highest BCUT2D eigenvalue weighted by atomic mass is 19.3. The lowest BCUT2D eigenvalue weighted by atomic mass is 10.1. The van der Waals surface area contributed by atoms with E-state index in [2.05, 4.69) is 15.3 Å². The van der Waals surface area contributed by atoms with Crippen molar-refractivity contribution in [3.63, 3.8) is 0 Å². The van der Waals surface area contributed by atoms with E-state index < -0.39 is 30.8 Å². The van der Waals surface area contributed by atoms with Gasteiger partial charge in [0.15, 0.2) is 5.69 Å². The molecule has 4 rings (SSSR count). The van der Waals surface area contributed by atoms with Gasteiger partial charge in [-0.1, -0.05) is 5.21 Å². The maximum atomic E-state index is 14.1. The lowest BCUT2D eigenvalue weighted by Crippen LogP contribution is -2.38. The summed E-state index contributed by atoms with van der Waals surface area (Å²) in [7, 11) is 0. The molecule has 0 spiro atoms. The standard InChI is InChI=1S/C19H22F2N6O2/c1-13-8-14(4-5-22-13)17(28)27-12-19(20,21)9-15(27)10-26-11-16(23-24-26)18(29)25-6-2-3-7-25/h4-5,8,11,15H,2-3,6-7,9-10,12H2,1H3/t15-/m0/s1. The lowest BCUT2D eigenvalue weighted by Gasteiger charge is -2.23. The van der Waals surface area contributed by atoms with Crippen LogP contribution < -0.4 is 0 Å². The van der Waals surface area contributed by atoms with E-state index in [4.69, 9.17) is 0 Å². The van der Waals surface area contributed by atoms with Gasteiger partial charge in [-0.2, -0.15) is 0 Å². The fourth-order valence-electron chi connectivity index (χ4n) is 3.93. The molecular formula is C19H22F2N6O2. The predicted molar refractivity (Wildman–Crippen MR) is 98.5 cm³/mol. The summed E-state index contributed by atoms with van der Waals surface area (Å²) >= 11 is 0. The second-order valence-corrected chi connectivity index (χ2v) is 7.66. The van der Waals surface area contributed by atoms with Crippen LogP contribution in [0.1, 0.15) is 45.8 Å². The number of carbonyl (C=O) groups is 2. The molecular weight excluding hydrogens is 382 g/mol. The van der Waals surface area contributed by atoms with E-state index in [1.165, 1.54) is 28.0 Å². The summed E-state index contributed by atoms with van der Waals surface area (Å²) in [6, 6.07) is 2.35. The summed E-state index contributed by atoms with van der Waals surface area (Å²) in [5, 5.41) is 7.83. The van der Waals surface area contributed by atoms with Gasteiger partial charge in [0, 0.05) is 37.0 Å². The Labute approximate surface area is 166 Å². The molecule has 0 bridgehead atoms. The largest absolute Gasteiger partial charge is 0.337 e. The van der Waals surface area contributed by atoms with E-state index in [1.54, 1.807) is 17.9 Å². The fourth-order valence-corrected chi connectivity index (χ4v) is 3.93. The molecule has 0 radical (unpaired) electrons. The summed E-state index contributed by atoms with van der Waals surface area (Å²) < 4.78 is 29.6. The minimum Gasteiger partial charge on any atom is -0.337 e. The van der Waals surface area contributed by atoms with Crippen molar-refractivity contribution in [2.75, 3.05) is 19.6 Å². The molecule has 2 fully saturated rings. The Morgan fingerprint density at radius 1 is 1.24 bits per heavy atom. The van der Waals surface area contributed by atoms with Crippen molar-refractivity contribution in [3.05, 3.63) is 41.5 Å². The molecule has 10 heteroatoms.